The van der Waals surface area contributed by atoms with Crippen molar-refractivity contribution in [3.8, 4) is 0 Å². The number of hydrogen-bond donors (Lipinski definition) is 2. The summed E-state index contributed by atoms with van der Waals surface area (Å²) in [5.74, 6) is -0.855. The average molecular weight is 552 g/mol. The summed E-state index contributed by atoms with van der Waals surface area (Å²) >= 11 is 0. The molecule has 0 rings (SSSR count). The molecular formula is C27H54NO8P. The number of carbonyl (C=O) groups is 2. The zero-order valence-corrected chi connectivity index (χ0v) is 24.4. The first kappa shape index (κ1) is 36.0. The molecule has 220 valence electrons. The summed E-state index contributed by atoms with van der Waals surface area (Å²) in [6, 6.07) is 0. The first-order chi connectivity index (χ1) is 17.8. The number of nitrogens with two attached hydrogens (primary N) is 1. The standard InChI is InChI=1S/C27H54NO8P/c1-3-5-7-8-9-10-11-12-13-14-15-16-18-20-27(30)36-25(23-33-26(29)19-17-6-4-2)24-35-37(31,32)34-22-21-28/h25H,3-24,28H2,1-2H3,(H,31,32). The highest BCUT2D eigenvalue weighted by molar-refractivity contribution is 7.47. The van der Waals surface area contributed by atoms with Gasteiger partial charge in [0.05, 0.1) is 13.2 Å². The highest BCUT2D eigenvalue weighted by Gasteiger charge is 2.25. The summed E-state index contributed by atoms with van der Waals surface area (Å²) < 4.78 is 32.1. The second-order valence-corrected chi connectivity index (χ2v) is 11.1. The summed E-state index contributed by atoms with van der Waals surface area (Å²) in [5, 5.41) is 0. The molecule has 2 atom stereocenters. The first-order valence-electron chi connectivity index (χ1n) is 14.5. The number of hydrogen-bond acceptors (Lipinski definition) is 8. The number of carbonyl (C=O) groups excluding carboxylic acids is 2. The first-order valence-corrected chi connectivity index (χ1v) is 16.0. The summed E-state index contributed by atoms with van der Waals surface area (Å²) in [7, 11) is -4.34. The summed E-state index contributed by atoms with van der Waals surface area (Å²) in [6.07, 6.45) is 17.9. The fourth-order valence-electron chi connectivity index (χ4n) is 3.81. The van der Waals surface area contributed by atoms with Crippen LogP contribution in [-0.2, 0) is 32.7 Å². The van der Waals surface area contributed by atoms with Crippen molar-refractivity contribution in [2.75, 3.05) is 26.4 Å². The van der Waals surface area contributed by atoms with Crippen molar-refractivity contribution in [1.82, 2.24) is 0 Å². The van der Waals surface area contributed by atoms with Gasteiger partial charge in [-0.05, 0) is 12.8 Å². The summed E-state index contributed by atoms with van der Waals surface area (Å²) in [4.78, 5) is 33.9. The quantitative estimate of drug-likeness (QED) is 0.0658. The predicted octanol–water partition coefficient (Wildman–Crippen LogP) is 6.60. The fourth-order valence-corrected chi connectivity index (χ4v) is 4.57. The molecule has 0 amide bonds. The minimum atomic E-state index is -4.34. The van der Waals surface area contributed by atoms with E-state index in [0.29, 0.717) is 12.8 Å². The number of phosphoric acid groups is 1. The molecule has 0 spiro atoms. The van der Waals surface area contributed by atoms with Gasteiger partial charge >= 0.3 is 19.8 Å². The van der Waals surface area contributed by atoms with Gasteiger partial charge in [0.25, 0.3) is 0 Å². The topological polar surface area (TPSA) is 134 Å². The second kappa shape index (κ2) is 25.3. The summed E-state index contributed by atoms with van der Waals surface area (Å²) in [6.45, 7) is 3.51. The minimum Gasteiger partial charge on any atom is -0.462 e. The van der Waals surface area contributed by atoms with E-state index in [0.717, 1.165) is 25.7 Å². The molecule has 0 heterocycles. The van der Waals surface area contributed by atoms with Crippen LogP contribution in [0.15, 0.2) is 0 Å². The lowest BCUT2D eigenvalue weighted by Gasteiger charge is -2.19. The van der Waals surface area contributed by atoms with Crippen LogP contribution in [0.4, 0.5) is 0 Å². The van der Waals surface area contributed by atoms with E-state index in [1.54, 1.807) is 0 Å². The molecule has 9 nitrogen and oxygen atoms in total. The van der Waals surface area contributed by atoms with Crippen LogP contribution in [0.2, 0.25) is 0 Å². The Labute approximate surface area is 225 Å². The number of ether oxygens (including phenoxy) is 2. The lowest BCUT2D eigenvalue weighted by molar-refractivity contribution is -0.161. The maximum Gasteiger partial charge on any atom is 0.472 e. The largest absolute Gasteiger partial charge is 0.472 e. The zero-order valence-electron chi connectivity index (χ0n) is 23.5. The van der Waals surface area contributed by atoms with Crippen LogP contribution >= 0.6 is 7.82 Å². The smallest absolute Gasteiger partial charge is 0.462 e. The van der Waals surface area contributed by atoms with Crippen LogP contribution < -0.4 is 5.73 Å². The third kappa shape index (κ3) is 25.1. The second-order valence-electron chi connectivity index (χ2n) is 9.63. The van der Waals surface area contributed by atoms with Gasteiger partial charge in [0, 0.05) is 19.4 Å². The van der Waals surface area contributed by atoms with Gasteiger partial charge in [-0.3, -0.25) is 18.6 Å². The Morgan fingerprint density at radius 2 is 1.16 bits per heavy atom. The van der Waals surface area contributed by atoms with E-state index in [9.17, 15) is 19.0 Å². The van der Waals surface area contributed by atoms with E-state index in [1.807, 2.05) is 6.92 Å². The molecule has 0 saturated heterocycles. The summed E-state index contributed by atoms with van der Waals surface area (Å²) in [5.41, 5.74) is 5.27. The molecule has 0 aromatic heterocycles. The molecular weight excluding hydrogens is 497 g/mol. The van der Waals surface area contributed by atoms with Gasteiger partial charge in [-0.1, -0.05) is 104 Å². The molecule has 10 heteroatoms. The van der Waals surface area contributed by atoms with Crippen molar-refractivity contribution in [1.29, 1.82) is 0 Å². The van der Waals surface area contributed by atoms with Crippen LogP contribution in [0, 0.1) is 0 Å². The zero-order chi connectivity index (χ0) is 27.6. The highest BCUT2D eigenvalue weighted by atomic mass is 31.2. The SMILES string of the molecule is CCCCCCCCCCCCCCCC(=O)OC(COC(=O)CCCCC)COP(=O)(O)OCCN. The van der Waals surface area contributed by atoms with Crippen molar-refractivity contribution in [3.05, 3.63) is 0 Å². The van der Waals surface area contributed by atoms with Crippen molar-refractivity contribution in [3.63, 3.8) is 0 Å². The molecule has 2 unspecified atom stereocenters. The molecule has 0 aliphatic rings. The van der Waals surface area contributed by atoms with E-state index < -0.39 is 32.5 Å². The third-order valence-electron chi connectivity index (χ3n) is 5.99. The third-order valence-corrected chi connectivity index (χ3v) is 6.98. The van der Waals surface area contributed by atoms with Gasteiger partial charge in [-0.25, -0.2) is 4.57 Å². The molecule has 37 heavy (non-hydrogen) atoms. The van der Waals surface area contributed by atoms with E-state index in [4.69, 9.17) is 24.3 Å². The van der Waals surface area contributed by atoms with Crippen molar-refractivity contribution >= 4 is 19.8 Å². The lowest BCUT2D eigenvalue weighted by atomic mass is 10.0. The van der Waals surface area contributed by atoms with Gasteiger partial charge < -0.3 is 20.1 Å². The average Bonchev–Trinajstić information content (AvgIpc) is 2.87. The Kier molecular flexibility index (Phi) is 24.6. The maximum absolute atomic E-state index is 12.3. The Hall–Kier alpha value is -0.990. The Balaban J connectivity index is 4.18. The monoisotopic (exact) mass is 551 g/mol. The molecule has 0 saturated carbocycles. The van der Waals surface area contributed by atoms with Crippen molar-refractivity contribution in [2.45, 2.75) is 136 Å². The predicted molar refractivity (Wildman–Crippen MR) is 146 cm³/mol. The number of esters is 2. The van der Waals surface area contributed by atoms with Crippen molar-refractivity contribution < 1.29 is 37.6 Å². The van der Waals surface area contributed by atoms with Crippen LogP contribution in [0.25, 0.3) is 0 Å². The van der Waals surface area contributed by atoms with Crippen LogP contribution in [0.5, 0.6) is 0 Å². The number of unbranched alkanes of at least 4 members (excludes halogenated alkanes) is 14. The van der Waals surface area contributed by atoms with Gasteiger partial charge in [0.15, 0.2) is 6.10 Å². The molecule has 0 aliphatic carbocycles. The van der Waals surface area contributed by atoms with Crippen molar-refractivity contribution in [2.24, 2.45) is 5.73 Å². The molecule has 0 aromatic carbocycles. The normalized spacial score (nSPS) is 13.7. The highest BCUT2D eigenvalue weighted by Crippen LogP contribution is 2.43. The molecule has 0 bridgehead atoms. The Morgan fingerprint density at radius 1 is 0.703 bits per heavy atom. The molecule has 0 radical (unpaired) electrons. The van der Waals surface area contributed by atoms with E-state index in [-0.39, 0.29) is 32.6 Å². The number of phosphoric ester groups is 1. The van der Waals surface area contributed by atoms with Crippen LogP contribution in [0.1, 0.15) is 129 Å². The molecule has 0 aromatic rings. The van der Waals surface area contributed by atoms with Crippen LogP contribution in [-0.4, -0.2) is 49.3 Å². The fraction of sp³-hybridized carbons (Fsp3) is 0.926. The van der Waals surface area contributed by atoms with Gasteiger partial charge in [0.2, 0.25) is 0 Å². The van der Waals surface area contributed by atoms with Gasteiger partial charge in [0.1, 0.15) is 6.61 Å². The molecule has 3 N–H and O–H groups in total. The molecule has 0 aliphatic heterocycles. The van der Waals surface area contributed by atoms with Gasteiger partial charge in [-0.15, -0.1) is 0 Å². The minimum absolute atomic E-state index is 0.0564. The van der Waals surface area contributed by atoms with E-state index >= 15 is 0 Å². The Bertz CT molecular complexity index is 605. The van der Waals surface area contributed by atoms with Gasteiger partial charge in [-0.2, -0.15) is 0 Å². The molecule has 0 fully saturated rings. The van der Waals surface area contributed by atoms with Crippen LogP contribution in [0.3, 0.4) is 0 Å². The number of rotatable bonds is 27. The van der Waals surface area contributed by atoms with E-state index in [1.165, 1.54) is 64.2 Å². The lowest BCUT2D eigenvalue weighted by Crippen LogP contribution is -2.29. The van der Waals surface area contributed by atoms with E-state index in [2.05, 4.69) is 6.92 Å². The Morgan fingerprint density at radius 3 is 1.70 bits per heavy atom. The maximum atomic E-state index is 12.3.